The quantitative estimate of drug-likeness (QED) is 0.690. The molecule has 3 unspecified atom stereocenters. The molecule has 148 valence electrons. The predicted octanol–water partition coefficient (Wildman–Crippen LogP) is 2.36. The Balaban J connectivity index is 2.25. The number of benzene rings is 1. The molecular weight excluding hydrogens is 348 g/mol. The van der Waals surface area contributed by atoms with Crippen LogP contribution >= 0.6 is 0 Å². The second-order valence-electron chi connectivity index (χ2n) is 6.98. The molecule has 1 aromatic rings. The zero-order valence-corrected chi connectivity index (χ0v) is 16.1. The minimum absolute atomic E-state index is 0.0460. The van der Waals surface area contributed by atoms with Gasteiger partial charge in [-0.1, -0.05) is 25.5 Å². The zero-order valence-electron chi connectivity index (χ0n) is 16.1. The van der Waals surface area contributed by atoms with Crippen molar-refractivity contribution in [2.45, 2.75) is 51.6 Å². The van der Waals surface area contributed by atoms with E-state index in [-0.39, 0.29) is 30.7 Å². The van der Waals surface area contributed by atoms with E-state index in [1.165, 1.54) is 0 Å². The van der Waals surface area contributed by atoms with Crippen LogP contribution in [0, 0.1) is 5.92 Å². The monoisotopic (exact) mass is 376 g/mol. The van der Waals surface area contributed by atoms with E-state index < -0.39 is 17.9 Å². The van der Waals surface area contributed by atoms with Crippen molar-refractivity contribution >= 4 is 17.8 Å². The molecule has 7 nitrogen and oxygen atoms in total. The van der Waals surface area contributed by atoms with Gasteiger partial charge in [-0.05, 0) is 31.0 Å². The number of carboxylic acid groups (broad SMARTS) is 1. The van der Waals surface area contributed by atoms with E-state index in [0.717, 1.165) is 18.4 Å². The highest BCUT2D eigenvalue weighted by Crippen LogP contribution is 2.39. The van der Waals surface area contributed by atoms with Gasteiger partial charge in [0, 0.05) is 19.0 Å². The summed E-state index contributed by atoms with van der Waals surface area (Å²) in [5, 5.41) is 11.6. The molecule has 0 spiro atoms. The van der Waals surface area contributed by atoms with Crippen LogP contribution < -0.4 is 10.1 Å². The molecule has 7 heteroatoms. The lowest BCUT2D eigenvalue weighted by molar-refractivity contribution is -0.137. The molecule has 1 aliphatic rings. The first-order chi connectivity index (χ1) is 12.9. The predicted molar refractivity (Wildman–Crippen MR) is 100 cm³/mol. The molecule has 3 atom stereocenters. The summed E-state index contributed by atoms with van der Waals surface area (Å²) in [6, 6.07) is 6.54. The Bertz CT molecular complexity index is 673. The van der Waals surface area contributed by atoms with E-state index in [9.17, 15) is 14.4 Å². The van der Waals surface area contributed by atoms with E-state index in [1.807, 2.05) is 24.3 Å². The fourth-order valence-corrected chi connectivity index (χ4v) is 3.49. The molecule has 2 amide bonds. The molecule has 0 aromatic heterocycles. The van der Waals surface area contributed by atoms with Crippen molar-refractivity contribution < 1.29 is 24.2 Å². The highest BCUT2D eigenvalue weighted by atomic mass is 16.5. The van der Waals surface area contributed by atoms with E-state index >= 15 is 0 Å². The first-order valence-corrected chi connectivity index (χ1v) is 9.33. The molecule has 0 bridgehead atoms. The van der Waals surface area contributed by atoms with Crippen molar-refractivity contribution in [3.05, 3.63) is 29.8 Å². The highest BCUT2D eigenvalue weighted by molar-refractivity contribution is 5.90. The lowest BCUT2D eigenvalue weighted by Gasteiger charge is -2.29. The number of hydrogen-bond acceptors (Lipinski definition) is 4. The van der Waals surface area contributed by atoms with Crippen LogP contribution in [0.2, 0.25) is 0 Å². The number of carbonyl (C=O) groups excluding carboxylic acids is 2. The molecule has 1 aromatic carbocycles. The van der Waals surface area contributed by atoms with Gasteiger partial charge in [-0.3, -0.25) is 14.4 Å². The first-order valence-electron chi connectivity index (χ1n) is 9.33. The lowest BCUT2D eigenvalue weighted by atomic mass is 9.92. The molecule has 2 rings (SSSR count). The molecule has 0 saturated carbocycles. The van der Waals surface area contributed by atoms with Crippen LogP contribution in [0.25, 0.3) is 0 Å². The van der Waals surface area contributed by atoms with E-state index in [0.29, 0.717) is 12.3 Å². The number of methoxy groups -OCH3 is 1. The van der Waals surface area contributed by atoms with Gasteiger partial charge in [0.1, 0.15) is 5.75 Å². The third-order valence-corrected chi connectivity index (χ3v) is 4.85. The van der Waals surface area contributed by atoms with E-state index in [1.54, 1.807) is 18.9 Å². The number of rotatable bonds is 9. The van der Waals surface area contributed by atoms with Gasteiger partial charge in [-0.2, -0.15) is 0 Å². The Kier molecular flexibility index (Phi) is 7.21. The van der Waals surface area contributed by atoms with Gasteiger partial charge in [0.2, 0.25) is 11.8 Å². The smallest absolute Gasteiger partial charge is 0.305 e. The Morgan fingerprint density at radius 3 is 2.56 bits per heavy atom. The fourth-order valence-electron chi connectivity index (χ4n) is 3.49. The average Bonchev–Trinajstić information content (AvgIpc) is 2.95. The van der Waals surface area contributed by atoms with E-state index in [4.69, 9.17) is 9.84 Å². The Labute approximate surface area is 159 Å². The number of ether oxygens (including phenoxy) is 1. The molecule has 1 saturated heterocycles. The normalized spacial score (nSPS) is 20.4. The van der Waals surface area contributed by atoms with Gasteiger partial charge < -0.3 is 20.1 Å². The third kappa shape index (κ3) is 5.21. The summed E-state index contributed by atoms with van der Waals surface area (Å²) in [6.45, 7) is 4.31. The molecule has 1 fully saturated rings. The largest absolute Gasteiger partial charge is 0.497 e. The Morgan fingerprint density at radius 1 is 1.33 bits per heavy atom. The maximum Gasteiger partial charge on any atom is 0.305 e. The van der Waals surface area contributed by atoms with Crippen LogP contribution in [0.15, 0.2) is 24.3 Å². The number of carboxylic acids is 1. The molecule has 27 heavy (non-hydrogen) atoms. The molecule has 0 aliphatic carbocycles. The summed E-state index contributed by atoms with van der Waals surface area (Å²) < 4.78 is 5.19. The second-order valence-corrected chi connectivity index (χ2v) is 6.98. The molecule has 1 aliphatic heterocycles. The van der Waals surface area contributed by atoms with Gasteiger partial charge in [0.05, 0.1) is 25.5 Å². The first kappa shape index (κ1) is 20.7. The minimum Gasteiger partial charge on any atom is -0.497 e. The standard InChI is InChI=1S/C20H28N2O5/c1-4-5-10-22-17(23)12-16(20(26)21-13(2)11-18(24)25)19(22)14-6-8-15(27-3)9-7-14/h6-9,13,16,19H,4-5,10-12H2,1-3H3,(H,21,26)(H,24,25). The molecule has 2 N–H and O–H groups in total. The zero-order chi connectivity index (χ0) is 20.0. The maximum atomic E-state index is 12.8. The second kappa shape index (κ2) is 9.39. The summed E-state index contributed by atoms with van der Waals surface area (Å²) in [7, 11) is 1.59. The number of hydrogen-bond donors (Lipinski definition) is 2. The molecular formula is C20H28N2O5. The van der Waals surface area contributed by atoms with Gasteiger partial charge in [-0.15, -0.1) is 0 Å². The highest BCUT2D eigenvalue weighted by Gasteiger charge is 2.44. The third-order valence-electron chi connectivity index (χ3n) is 4.85. The Morgan fingerprint density at radius 2 is 2.00 bits per heavy atom. The van der Waals surface area contributed by atoms with Crippen LogP contribution in [0.4, 0.5) is 0 Å². The van der Waals surface area contributed by atoms with Crippen molar-refractivity contribution in [1.29, 1.82) is 0 Å². The number of carbonyl (C=O) groups is 3. The topological polar surface area (TPSA) is 95.9 Å². The van der Waals surface area contributed by atoms with E-state index in [2.05, 4.69) is 12.2 Å². The van der Waals surface area contributed by atoms with Gasteiger partial charge in [0.25, 0.3) is 0 Å². The van der Waals surface area contributed by atoms with Crippen molar-refractivity contribution in [2.75, 3.05) is 13.7 Å². The fraction of sp³-hybridized carbons (Fsp3) is 0.550. The van der Waals surface area contributed by atoms with Crippen LogP contribution in [-0.4, -0.2) is 47.5 Å². The van der Waals surface area contributed by atoms with Crippen molar-refractivity contribution in [3.8, 4) is 5.75 Å². The van der Waals surface area contributed by atoms with Gasteiger partial charge >= 0.3 is 5.97 Å². The molecule has 1 heterocycles. The van der Waals surface area contributed by atoms with Crippen molar-refractivity contribution in [3.63, 3.8) is 0 Å². The minimum atomic E-state index is -0.971. The number of nitrogens with zero attached hydrogens (tertiary/aromatic N) is 1. The number of amides is 2. The van der Waals surface area contributed by atoms with Crippen LogP contribution in [0.5, 0.6) is 5.75 Å². The molecule has 0 radical (unpaired) electrons. The summed E-state index contributed by atoms with van der Waals surface area (Å²) in [5.74, 6) is -1.13. The average molecular weight is 376 g/mol. The SMILES string of the molecule is CCCCN1C(=O)CC(C(=O)NC(C)CC(=O)O)C1c1ccc(OC)cc1. The van der Waals surface area contributed by atoms with Crippen LogP contribution in [-0.2, 0) is 14.4 Å². The summed E-state index contributed by atoms with van der Waals surface area (Å²) >= 11 is 0. The van der Waals surface area contributed by atoms with Gasteiger partial charge in [0.15, 0.2) is 0 Å². The van der Waals surface area contributed by atoms with Crippen LogP contribution in [0.3, 0.4) is 0 Å². The van der Waals surface area contributed by atoms with Crippen LogP contribution in [0.1, 0.15) is 51.1 Å². The number of unbranched alkanes of at least 4 members (excludes halogenated alkanes) is 1. The summed E-state index contributed by atoms with van der Waals surface area (Å²) in [5.41, 5.74) is 0.879. The summed E-state index contributed by atoms with van der Waals surface area (Å²) in [4.78, 5) is 38.0. The number of likely N-dealkylation sites (tertiary alicyclic amines) is 1. The van der Waals surface area contributed by atoms with Gasteiger partial charge in [-0.25, -0.2) is 0 Å². The lowest BCUT2D eigenvalue weighted by Crippen LogP contribution is -2.40. The maximum absolute atomic E-state index is 12.8. The summed E-state index contributed by atoms with van der Waals surface area (Å²) in [6.07, 6.45) is 1.79. The van der Waals surface area contributed by atoms with Crippen molar-refractivity contribution in [1.82, 2.24) is 10.2 Å². The number of aliphatic carboxylic acids is 1. The number of nitrogens with one attached hydrogen (secondary N) is 1. The Hall–Kier alpha value is -2.57. The van der Waals surface area contributed by atoms with Crippen molar-refractivity contribution in [2.24, 2.45) is 5.92 Å².